The maximum Gasteiger partial charge on any atom is 0.269 e. The molecule has 0 saturated carbocycles. The van der Waals surface area contributed by atoms with Crippen LogP contribution in [0.4, 0.5) is 5.69 Å². The molecule has 0 aliphatic heterocycles. The van der Waals surface area contributed by atoms with Crippen molar-refractivity contribution in [1.82, 2.24) is 15.3 Å². The lowest BCUT2D eigenvalue weighted by Crippen LogP contribution is -2.27. The zero-order valence-corrected chi connectivity index (χ0v) is 16.2. The van der Waals surface area contributed by atoms with E-state index in [2.05, 4.69) is 46.2 Å². The number of benzene rings is 1. The first-order valence-corrected chi connectivity index (χ1v) is 9.77. The molecule has 3 aromatic rings. The minimum atomic E-state index is -0.126. The Kier molecular flexibility index (Phi) is 6.47. The molecule has 142 valence electrons. The number of nitrogens with one attached hydrogen (secondary N) is 2. The van der Waals surface area contributed by atoms with Crippen LogP contribution >= 0.6 is 0 Å². The second-order valence-electron chi connectivity index (χ2n) is 6.75. The number of aromatic amines is 1. The van der Waals surface area contributed by atoms with Crippen molar-refractivity contribution in [3.63, 3.8) is 0 Å². The number of H-pyrrole nitrogens is 1. The second kappa shape index (κ2) is 9.21. The zero-order chi connectivity index (χ0) is 19.1. The molecule has 0 atom stereocenters. The highest BCUT2D eigenvalue weighted by Gasteiger charge is 2.10. The normalized spacial score (nSPS) is 10.9. The van der Waals surface area contributed by atoms with E-state index in [0.29, 0.717) is 12.2 Å². The number of fused-ring (bicyclic) bond motifs is 1. The van der Waals surface area contributed by atoms with Crippen molar-refractivity contribution in [3.8, 4) is 0 Å². The molecule has 0 unspecified atom stereocenters. The number of hydrogen-bond donors (Lipinski definition) is 2. The lowest BCUT2D eigenvalue weighted by Gasteiger charge is -2.23. The van der Waals surface area contributed by atoms with Gasteiger partial charge in [0.1, 0.15) is 5.69 Å². The van der Waals surface area contributed by atoms with Crippen molar-refractivity contribution in [2.45, 2.75) is 33.1 Å². The Hall–Kier alpha value is -2.82. The van der Waals surface area contributed by atoms with E-state index in [0.717, 1.165) is 43.6 Å². The predicted molar refractivity (Wildman–Crippen MR) is 111 cm³/mol. The van der Waals surface area contributed by atoms with Gasteiger partial charge in [-0.1, -0.05) is 32.0 Å². The van der Waals surface area contributed by atoms with Crippen molar-refractivity contribution in [3.05, 3.63) is 60.0 Å². The average Bonchev–Trinajstić information content (AvgIpc) is 3.11. The van der Waals surface area contributed by atoms with Gasteiger partial charge in [-0.25, -0.2) is 4.98 Å². The Bertz CT molecular complexity index is 863. The topological polar surface area (TPSA) is 61.0 Å². The molecule has 0 fully saturated rings. The third-order valence-electron chi connectivity index (χ3n) is 4.69. The van der Waals surface area contributed by atoms with Gasteiger partial charge in [-0.3, -0.25) is 4.79 Å². The largest absolute Gasteiger partial charge is 0.370 e. The fourth-order valence-electron chi connectivity index (χ4n) is 3.36. The van der Waals surface area contributed by atoms with E-state index < -0.39 is 0 Å². The molecule has 0 radical (unpaired) electrons. The van der Waals surface area contributed by atoms with E-state index in [9.17, 15) is 4.79 Å². The molecular formula is C22H28N4O. The van der Waals surface area contributed by atoms with Gasteiger partial charge >= 0.3 is 0 Å². The van der Waals surface area contributed by atoms with Gasteiger partial charge in [-0.15, -0.1) is 0 Å². The summed E-state index contributed by atoms with van der Waals surface area (Å²) in [5.74, 6) is -0.126. The molecule has 0 spiro atoms. The Morgan fingerprint density at radius 2 is 1.89 bits per heavy atom. The molecule has 27 heavy (non-hydrogen) atoms. The van der Waals surface area contributed by atoms with Gasteiger partial charge in [0.2, 0.25) is 0 Å². The molecule has 3 rings (SSSR count). The van der Waals surface area contributed by atoms with Crippen LogP contribution in [0.3, 0.4) is 0 Å². The SMILES string of the molecule is CCCN(CCC)c1ccc(C(=O)NCCc2c[nH]c3ccccc23)nc1. The molecule has 1 amide bonds. The summed E-state index contributed by atoms with van der Waals surface area (Å²) in [6, 6.07) is 12.0. The van der Waals surface area contributed by atoms with Crippen molar-refractivity contribution >= 4 is 22.5 Å². The molecule has 0 bridgehead atoms. The van der Waals surface area contributed by atoms with Gasteiger partial charge in [0, 0.05) is 36.7 Å². The van der Waals surface area contributed by atoms with Crippen molar-refractivity contribution < 1.29 is 4.79 Å². The van der Waals surface area contributed by atoms with E-state index in [4.69, 9.17) is 0 Å². The van der Waals surface area contributed by atoms with Crippen molar-refractivity contribution in [2.75, 3.05) is 24.5 Å². The molecule has 2 heterocycles. The number of nitrogens with zero attached hydrogens (tertiary/aromatic N) is 2. The maximum atomic E-state index is 12.4. The summed E-state index contributed by atoms with van der Waals surface area (Å²) in [5, 5.41) is 4.18. The lowest BCUT2D eigenvalue weighted by atomic mass is 10.1. The summed E-state index contributed by atoms with van der Waals surface area (Å²) < 4.78 is 0. The summed E-state index contributed by atoms with van der Waals surface area (Å²) in [6.07, 6.45) is 6.79. The van der Waals surface area contributed by atoms with Crippen LogP contribution in [0.25, 0.3) is 10.9 Å². The summed E-state index contributed by atoms with van der Waals surface area (Å²) in [6.45, 7) is 6.94. The lowest BCUT2D eigenvalue weighted by molar-refractivity contribution is 0.0949. The number of hydrogen-bond acceptors (Lipinski definition) is 3. The standard InChI is InChI=1S/C22H28N4O/c1-3-13-26(14-4-2)18-9-10-21(25-16-18)22(27)23-12-11-17-15-24-20-8-6-5-7-19(17)20/h5-10,15-16,24H,3-4,11-14H2,1-2H3,(H,23,27). The van der Waals surface area contributed by atoms with Crippen LogP contribution in [0, 0.1) is 0 Å². The van der Waals surface area contributed by atoms with Crippen molar-refractivity contribution in [2.24, 2.45) is 0 Å². The predicted octanol–water partition coefficient (Wildman–Crippen LogP) is 4.16. The zero-order valence-electron chi connectivity index (χ0n) is 16.2. The molecule has 2 N–H and O–H groups in total. The van der Waals surface area contributed by atoms with Gasteiger partial charge < -0.3 is 15.2 Å². The number of anilines is 1. The number of carbonyl (C=O) groups is 1. The molecule has 5 heteroatoms. The summed E-state index contributed by atoms with van der Waals surface area (Å²) in [4.78, 5) is 22.3. The van der Waals surface area contributed by atoms with Crippen LogP contribution in [-0.4, -0.2) is 35.5 Å². The smallest absolute Gasteiger partial charge is 0.269 e. The summed E-state index contributed by atoms with van der Waals surface area (Å²) in [5.41, 5.74) is 3.88. The van der Waals surface area contributed by atoms with E-state index in [1.54, 1.807) is 6.20 Å². The quantitative estimate of drug-likeness (QED) is 0.599. The fourth-order valence-corrected chi connectivity index (χ4v) is 3.36. The number of rotatable bonds is 9. The van der Waals surface area contributed by atoms with Gasteiger partial charge in [-0.05, 0) is 43.0 Å². The van der Waals surface area contributed by atoms with Crippen LogP contribution in [-0.2, 0) is 6.42 Å². The molecule has 0 aliphatic rings. The van der Waals surface area contributed by atoms with Crippen LogP contribution in [0.1, 0.15) is 42.7 Å². The minimum Gasteiger partial charge on any atom is -0.370 e. The highest BCUT2D eigenvalue weighted by Crippen LogP contribution is 2.18. The molecular weight excluding hydrogens is 336 g/mol. The third kappa shape index (κ3) is 4.67. The Labute approximate surface area is 160 Å². The highest BCUT2D eigenvalue weighted by atomic mass is 16.1. The molecule has 2 aromatic heterocycles. The highest BCUT2D eigenvalue weighted by molar-refractivity contribution is 5.92. The fraction of sp³-hybridized carbons (Fsp3) is 0.364. The van der Waals surface area contributed by atoms with E-state index in [1.165, 1.54) is 10.9 Å². The number of pyridine rings is 1. The molecule has 0 saturated heterocycles. The van der Waals surface area contributed by atoms with E-state index >= 15 is 0 Å². The van der Waals surface area contributed by atoms with E-state index in [1.807, 2.05) is 30.5 Å². The van der Waals surface area contributed by atoms with Crippen LogP contribution < -0.4 is 10.2 Å². The first-order valence-electron chi connectivity index (χ1n) is 9.77. The number of carbonyl (C=O) groups excluding carboxylic acids is 1. The van der Waals surface area contributed by atoms with Gasteiger partial charge in [0.25, 0.3) is 5.91 Å². The minimum absolute atomic E-state index is 0.126. The number of amides is 1. The first kappa shape index (κ1) is 19.0. The Morgan fingerprint density at radius 1 is 1.11 bits per heavy atom. The monoisotopic (exact) mass is 364 g/mol. The summed E-state index contributed by atoms with van der Waals surface area (Å²) >= 11 is 0. The van der Waals surface area contributed by atoms with Gasteiger partial charge in [0.05, 0.1) is 11.9 Å². The van der Waals surface area contributed by atoms with E-state index in [-0.39, 0.29) is 5.91 Å². The van der Waals surface area contributed by atoms with Crippen LogP contribution in [0.15, 0.2) is 48.8 Å². The van der Waals surface area contributed by atoms with Crippen molar-refractivity contribution in [1.29, 1.82) is 0 Å². The average molecular weight is 364 g/mol. The molecule has 1 aromatic carbocycles. The second-order valence-corrected chi connectivity index (χ2v) is 6.75. The molecule has 5 nitrogen and oxygen atoms in total. The Balaban J connectivity index is 1.56. The van der Waals surface area contributed by atoms with Crippen LogP contribution in [0.2, 0.25) is 0 Å². The third-order valence-corrected chi connectivity index (χ3v) is 4.69. The Morgan fingerprint density at radius 3 is 2.59 bits per heavy atom. The van der Waals surface area contributed by atoms with Crippen LogP contribution in [0.5, 0.6) is 0 Å². The maximum absolute atomic E-state index is 12.4. The van der Waals surface area contributed by atoms with Gasteiger partial charge in [-0.2, -0.15) is 0 Å². The number of para-hydroxylation sites is 1. The first-order chi connectivity index (χ1) is 13.2. The van der Waals surface area contributed by atoms with Gasteiger partial charge in [0.15, 0.2) is 0 Å². The number of aromatic nitrogens is 2. The molecule has 0 aliphatic carbocycles. The summed E-state index contributed by atoms with van der Waals surface area (Å²) in [7, 11) is 0.